The summed E-state index contributed by atoms with van der Waals surface area (Å²) in [7, 11) is 3.82. The number of aliphatic hydroxyl groups excluding tert-OH is 1. The predicted molar refractivity (Wildman–Crippen MR) is 54.7 cm³/mol. The van der Waals surface area contributed by atoms with Crippen LogP contribution in [0.4, 0.5) is 0 Å². The van der Waals surface area contributed by atoms with Crippen LogP contribution in [0.1, 0.15) is 19.8 Å². The van der Waals surface area contributed by atoms with Gasteiger partial charge in [0.25, 0.3) is 0 Å². The average Bonchev–Trinajstić information content (AvgIpc) is 2.03. The van der Waals surface area contributed by atoms with Crippen molar-refractivity contribution in [3.8, 4) is 0 Å². The Kier molecular flexibility index (Phi) is 4.80. The highest BCUT2D eigenvalue weighted by Crippen LogP contribution is 2.09. The number of nitrogens with zero attached hydrogens (tertiary/aromatic N) is 1. The van der Waals surface area contributed by atoms with Crippen molar-refractivity contribution < 1.29 is 19.5 Å². The number of quaternary nitrogens is 1. The van der Waals surface area contributed by atoms with E-state index in [2.05, 4.69) is 6.58 Å². The van der Waals surface area contributed by atoms with Crippen molar-refractivity contribution in [1.82, 2.24) is 0 Å². The summed E-state index contributed by atoms with van der Waals surface area (Å²) in [5.74, 6) is -0.938. The summed E-state index contributed by atoms with van der Waals surface area (Å²) < 4.78 is 0.479. The van der Waals surface area contributed by atoms with E-state index in [0.717, 1.165) is 13.0 Å². The van der Waals surface area contributed by atoms with Gasteiger partial charge in [0.05, 0.1) is 20.6 Å². The van der Waals surface area contributed by atoms with Crippen molar-refractivity contribution >= 4 is 5.97 Å². The van der Waals surface area contributed by atoms with Crippen LogP contribution in [0.25, 0.3) is 0 Å². The summed E-state index contributed by atoms with van der Waals surface area (Å²) in [4.78, 5) is 10.4. The van der Waals surface area contributed by atoms with Gasteiger partial charge < -0.3 is 14.7 Å². The second-order valence-corrected chi connectivity index (χ2v) is 4.15. The molecule has 0 aromatic carbocycles. The Balaban J connectivity index is 3.85. The van der Waals surface area contributed by atoms with E-state index in [4.69, 9.17) is 5.11 Å². The second kappa shape index (κ2) is 5.12. The van der Waals surface area contributed by atoms with Crippen LogP contribution >= 0.6 is 0 Å². The lowest BCUT2D eigenvalue weighted by atomic mass is 10.1. The SMILES string of the molecule is C=C(CCC[N+](C)(C)C(C)O)C(=O)O. The summed E-state index contributed by atoms with van der Waals surface area (Å²) in [5.41, 5.74) is 0.232. The fourth-order valence-corrected chi connectivity index (χ4v) is 0.994. The number of aliphatic carboxylic acids is 1. The number of aliphatic hydroxyl groups is 1. The molecule has 0 spiro atoms. The smallest absolute Gasteiger partial charge is 0.330 e. The van der Waals surface area contributed by atoms with Crippen molar-refractivity contribution in [1.29, 1.82) is 0 Å². The first-order valence-corrected chi connectivity index (χ1v) is 4.69. The number of hydrogen-bond donors (Lipinski definition) is 2. The topological polar surface area (TPSA) is 57.5 Å². The number of hydrogen-bond acceptors (Lipinski definition) is 2. The molecule has 0 aromatic rings. The molecule has 0 amide bonds. The summed E-state index contributed by atoms with van der Waals surface area (Å²) >= 11 is 0. The lowest BCUT2D eigenvalue weighted by molar-refractivity contribution is -0.934. The van der Waals surface area contributed by atoms with Crippen molar-refractivity contribution in [2.24, 2.45) is 0 Å². The van der Waals surface area contributed by atoms with E-state index >= 15 is 0 Å². The molecule has 0 fully saturated rings. The quantitative estimate of drug-likeness (QED) is 0.381. The zero-order chi connectivity index (χ0) is 11.4. The normalized spacial score (nSPS) is 13.7. The van der Waals surface area contributed by atoms with E-state index in [1.807, 2.05) is 14.1 Å². The minimum atomic E-state index is -0.938. The summed E-state index contributed by atoms with van der Waals surface area (Å²) in [6, 6.07) is 0. The van der Waals surface area contributed by atoms with Crippen LogP contribution in [-0.4, -0.2) is 47.5 Å². The maximum absolute atomic E-state index is 10.4. The predicted octanol–water partition coefficient (Wildman–Crippen LogP) is 0.822. The number of carboxylic acid groups (broad SMARTS) is 1. The standard InChI is InChI=1S/C10H19NO3/c1-8(10(13)14)6-5-7-11(3,4)9(2)12/h9,12H,1,5-7H2,2-4H3/p+1. The van der Waals surface area contributed by atoms with Crippen molar-refractivity contribution in [3.05, 3.63) is 12.2 Å². The van der Waals surface area contributed by atoms with Gasteiger partial charge in [-0.05, 0) is 6.42 Å². The first-order valence-electron chi connectivity index (χ1n) is 4.69. The third-order valence-corrected chi connectivity index (χ3v) is 2.53. The van der Waals surface area contributed by atoms with Gasteiger partial charge in [-0.15, -0.1) is 0 Å². The fourth-order valence-electron chi connectivity index (χ4n) is 0.994. The molecule has 0 aliphatic carbocycles. The molecule has 14 heavy (non-hydrogen) atoms. The van der Waals surface area contributed by atoms with Gasteiger partial charge in [0, 0.05) is 18.9 Å². The average molecular weight is 202 g/mol. The van der Waals surface area contributed by atoms with Crippen molar-refractivity contribution in [2.75, 3.05) is 20.6 Å². The molecule has 0 heterocycles. The minimum Gasteiger partial charge on any atom is -0.478 e. The van der Waals surface area contributed by atoms with E-state index in [1.54, 1.807) is 6.92 Å². The molecule has 4 nitrogen and oxygen atoms in total. The molecule has 0 saturated heterocycles. The zero-order valence-electron chi connectivity index (χ0n) is 9.16. The highest BCUT2D eigenvalue weighted by Gasteiger charge is 2.20. The molecule has 1 atom stereocenters. The maximum Gasteiger partial charge on any atom is 0.330 e. The molecule has 0 aliphatic rings. The Labute approximate surface area is 85.1 Å². The molecule has 82 valence electrons. The summed E-state index contributed by atoms with van der Waals surface area (Å²) in [5, 5.41) is 18.0. The Hall–Kier alpha value is -0.870. The zero-order valence-corrected chi connectivity index (χ0v) is 9.16. The maximum atomic E-state index is 10.4. The fraction of sp³-hybridized carbons (Fsp3) is 0.700. The van der Waals surface area contributed by atoms with Gasteiger partial charge in [0.15, 0.2) is 6.23 Å². The van der Waals surface area contributed by atoms with Crippen LogP contribution in [0, 0.1) is 0 Å². The van der Waals surface area contributed by atoms with Gasteiger partial charge in [-0.3, -0.25) is 0 Å². The highest BCUT2D eigenvalue weighted by atomic mass is 16.4. The van der Waals surface area contributed by atoms with Gasteiger partial charge in [-0.2, -0.15) is 0 Å². The van der Waals surface area contributed by atoms with E-state index in [9.17, 15) is 9.90 Å². The van der Waals surface area contributed by atoms with Gasteiger partial charge in [-0.25, -0.2) is 4.79 Å². The molecule has 2 N–H and O–H groups in total. The lowest BCUT2D eigenvalue weighted by Gasteiger charge is -2.32. The monoisotopic (exact) mass is 202 g/mol. The van der Waals surface area contributed by atoms with Crippen molar-refractivity contribution in [2.45, 2.75) is 26.0 Å². The van der Waals surface area contributed by atoms with Crippen molar-refractivity contribution in [3.63, 3.8) is 0 Å². The van der Waals surface area contributed by atoms with E-state index in [-0.39, 0.29) is 5.57 Å². The van der Waals surface area contributed by atoms with Crippen LogP contribution in [0.15, 0.2) is 12.2 Å². The molecule has 0 bridgehead atoms. The second-order valence-electron chi connectivity index (χ2n) is 4.15. The van der Waals surface area contributed by atoms with Gasteiger partial charge in [-0.1, -0.05) is 6.58 Å². The lowest BCUT2D eigenvalue weighted by Crippen LogP contribution is -2.47. The first kappa shape index (κ1) is 13.1. The van der Waals surface area contributed by atoms with Gasteiger partial charge >= 0.3 is 5.97 Å². The molecule has 0 rings (SSSR count). The van der Waals surface area contributed by atoms with Crippen LogP contribution in [0.5, 0.6) is 0 Å². The Morgan fingerprint density at radius 1 is 1.50 bits per heavy atom. The molecular formula is C10H20NO3+. The van der Waals surface area contributed by atoms with Gasteiger partial charge in [0.2, 0.25) is 0 Å². The third kappa shape index (κ3) is 4.39. The Morgan fingerprint density at radius 2 is 2.00 bits per heavy atom. The van der Waals surface area contributed by atoms with E-state index < -0.39 is 12.2 Å². The van der Waals surface area contributed by atoms with Crippen LogP contribution in [-0.2, 0) is 4.79 Å². The number of rotatable bonds is 6. The Morgan fingerprint density at radius 3 is 2.36 bits per heavy atom. The van der Waals surface area contributed by atoms with Crippen LogP contribution in [0.2, 0.25) is 0 Å². The molecule has 0 radical (unpaired) electrons. The minimum absolute atomic E-state index is 0.232. The highest BCUT2D eigenvalue weighted by molar-refractivity contribution is 5.85. The summed E-state index contributed by atoms with van der Waals surface area (Å²) in [6.45, 7) is 5.92. The third-order valence-electron chi connectivity index (χ3n) is 2.53. The van der Waals surface area contributed by atoms with E-state index in [0.29, 0.717) is 10.9 Å². The van der Waals surface area contributed by atoms with E-state index in [1.165, 1.54) is 0 Å². The molecule has 0 aliphatic heterocycles. The molecule has 0 aromatic heterocycles. The van der Waals surface area contributed by atoms with Crippen LogP contribution in [0.3, 0.4) is 0 Å². The number of carbonyl (C=O) groups is 1. The summed E-state index contributed by atoms with van der Waals surface area (Å²) in [6.07, 6.45) is 0.764. The van der Waals surface area contributed by atoms with Crippen LogP contribution < -0.4 is 0 Å². The molecule has 0 saturated carbocycles. The molecule has 4 heteroatoms. The first-order chi connectivity index (χ1) is 6.27. The number of carboxylic acids is 1. The largest absolute Gasteiger partial charge is 0.478 e. The Bertz CT molecular complexity index is 221. The van der Waals surface area contributed by atoms with Gasteiger partial charge in [0.1, 0.15) is 0 Å². The molecular weight excluding hydrogens is 182 g/mol. The molecule has 1 unspecified atom stereocenters.